The molecule has 2 aromatic carbocycles. The molecule has 7 nitrogen and oxygen atoms in total. The summed E-state index contributed by atoms with van der Waals surface area (Å²) < 4.78 is 40.1. The minimum atomic E-state index is -1.24. The molecule has 0 saturated heterocycles. The highest BCUT2D eigenvalue weighted by Gasteiger charge is 2.52. The maximum atomic E-state index is 15.4. The largest absolute Gasteiger partial charge is 0.465 e. The van der Waals surface area contributed by atoms with Gasteiger partial charge in [-0.1, -0.05) is 29.8 Å². The third-order valence-corrected chi connectivity index (χ3v) is 8.56. The SMILES string of the molecule is CCOC(=O)C1=C(N)N(c2ccc(F)cc2F)C2=C(C(=O)[C@H](C(=O)OCC)[C@@H](c3cccs3)C2)[C@H]1c1cccc(Cl)c1. The van der Waals surface area contributed by atoms with Crippen LogP contribution < -0.4 is 10.6 Å². The molecule has 0 amide bonds. The summed E-state index contributed by atoms with van der Waals surface area (Å²) in [7, 11) is 0. The molecule has 0 unspecified atom stereocenters. The Hall–Kier alpha value is -4.02. The first kappa shape index (κ1) is 29.5. The lowest BCUT2D eigenvalue weighted by Gasteiger charge is -2.43. The number of carbonyl (C=O) groups is 3. The molecular formula is C31H27ClF2N2O5S. The van der Waals surface area contributed by atoms with Gasteiger partial charge in [-0.3, -0.25) is 14.5 Å². The van der Waals surface area contributed by atoms with E-state index in [1.54, 1.807) is 44.2 Å². The third-order valence-electron chi connectivity index (χ3n) is 7.32. The summed E-state index contributed by atoms with van der Waals surface area (Å²) >= 11 is 7.70. The Kier molecular flexibility index (Phi) is 8.47. The van der Waals surface area contributed by atoms with Gasteiger partial charge in [-0.2, -0.15) is 0 Å². The molecule has 218 valence electrons. The van der Waals surface area contributed by atoms with E-state index in [1.807, 2.05) is 11.4 Å². The van der Waals surface area contributed by atoms with Gasteiger partial charge in [-0.25, -0.2) is 13.6 Å². The second kappa shape index (κ2) is 12.1. The molecule has 1 aliphatic heterocycles. The standard InChI is InChI=1S/C31H27ClF2N2O5S/c1-3-40-30(38)25-19(23-9-6-12-42-23)15-22-26(28(25)37)24(16-7-5-8-17(32)13-16)27(31(39)41-4-2)29(35)36(22)21-11-10-18(33)14-20(21)34/h5-14,19,24-25H,3-4,15,35H2,1-2H3/t19-,24-,25-/m1/s1. The smallest absolute Gasteiger partial charge is 0.338 e. The van der Waals surface area contributed by atoms with E-state index in [9.17, 15) is 18.8 Å². The molecule has 42 heavy (non-hydrogen) atoms. The van der Waals surface area contributed by atoms with Crippen LogP contribution in [0.3, 0.4) is 0 Å². The van der Waals surface area contributed by atoms with Gasteiger partial charge in [0.2, 0.25) is 0 Å². The number of Topliss-reactive ketones (excluding diaryl/α,β-unsaturated/α-hetero) is 1. The van der Waals surface area contributed by atoms with Crippen molar-refractivity contribution in [1.82, 2.24) is 0 Å². The average molecular weight is 613 g/mol. The van der Waals surface area contributed by atoms with Crippen LogP contribution in [0.25, 0.3) is 0 Å². The third kappa shape index (κ3) is 5.20. The molecular weight excluding hydrogens is 586 g/mol. The van der Waals surface area contributed by atoms with Crippen molar-refractivity contribution in [3.8, 4) is 0 Å². The van der Waals surface area contributed by atoms with Crippen molar-refractivity contribution < 1.29 is 32.6 Å². The fourth-order valence-corrected chi connectivity index (χ4v) is 6.73. The van der Waals surface area contributed by atoms with Gasteiger partial charge in [0, 0.05) is 33.2 Å². The number of anilines is 1. The summed E-state index contributed by atoms with van der Waals surface area (Å²) in [6, 6.07) is 13.1. The highest BCUT2D eigenvalue weighted by atomic mass is 35.5. The van der Waals surface area contributed by atoms with Gasteiger partial charge in [0.25, 0.3) is 0 Å². The molecule has 0 spiro atoms. The van der Waals surface area contributed by atoms with Crippen LogP contribution >= 0.6 is 22.9 Å². The molecule has 0 bridgehead atoms. The van der Waals surface area contributed by atoms with Crippen molar-refractivity contribution in [1.29, 1.82) is 0 Å². The number of carbonyl (C=O) groups excluding carboxylic acids is 3. The predicted molar refractivity (Wildman–Crippen MR) is 155 cm³/mol. The summed E-state index contributed by atoms with van der Waals surface area (Å²) in [5.74, 6) is -7.10. The first-order valence-corrected chi connectivity index (χ1v) is 14.6. The van der Waals surface area contributed by atoms with E-state index in [-0.39, 0.29) is 48.0 Å². The number of halogens is 3. The number of nitrogens with two attached hydrogens (primary N) is 1. The van der Waals surface area contributed by atoms with Gasteiger partial charge < -0.3 is 15.2 Å². The van der Waals surface area contributed by atoms with Crippen LogP contribution in [-0.2, 0) is 23.9 Å². The van der Waals surface area contributed by atoms with Crippen LogP contribution in [0, 0.1) is 17.6 Å². The van der Waals surface area contributed by atoms with Gasteiger partial charge in [0.05, 0.1) is 30.4 Å². The monoisotopic (exact) mass is 612 g/mol. The second-order valence-corrected chi connectivity index (χ2v) is 11.1. The van der Waals surface area contributed by atoms with Crippen LogP contribution in [0.15, 0.2) is 82.6 Å². The van der Waals surface area contributed by atoms with Gasteiger partial charge in [0.15, 0.2) is 5.78 Å². The molecule has 2 N–H and O–H groups in total. The zero-order chi connectivity index (χ0) is 30.1. The number of ketones is 1. The number of hydrogen-bond acceptors (Lipinski definition) is 8. The summed E-state index contributed by atoms with van der Waals surface area (Å²) in [6.45, 7) is 3.31. The Bertz CT molecular complexity index is 1620. The first-order valence-electron chi connectivity index (χ1n) is 13.3. The second-order valence-electron chi connectivity index (χ2n) is 9.72. The summed E-state index contributed by atoms with van der Waals surface area (Å²) in [6.07, 6.45) is 0.0652. The average Bonchev–Trinajstić information content (AvgIpc) is 3.48. The quantitative estimate of drug-likeness (QED) is 0.250. The molecule has 5 rings (SSSR count). The Morgan fingerprint density at radius 3 is 2.48 bits per heavy atom. The molecule has 0 radical (unpaired) electrons. The number of allylic oxidation sites excluding steroid dienone is 2. The highest BCUT2D eigenvalue weighted by Crippen LogP contribution is 2.52. The van der Waals surface area contributed by atoms with Crippen LogP contribution in [0.5, 0.6) is 0 Å². The summed E-state index contributed by atoms with van der Waals surface area (Å²) in [4.78, 5) is 43.5. The Balaban J connectivity index is 1.84. The van der Waals surface area contributed by atoms with E-state index in [1.165, 1.54) is 22.3 Å². The lowest BCUT2D eigenvalue weighted by molar-refractivity contribution is -0.152. The van der Waals surface area contributed by atoms with Gasteiger partial charge in [0.1, 0.15) is 23.4 Å². The van der Waals surface area contributed by atoms with Gasteiger partial charge >= 0.3 is 11.9 Å². The van der Waals surface area contributed by atoms with E-state index in [0.717, 1.165) is 10.9 Å². The van der Waals surface area contributed by atoms with E-state index in [2.05, 4.69) is 0 Å². The Labute approximate surface area is 250 Å². The van der Waals surface area contributed by atoms with Crippen LogP contribution in [0.2, 0.25) is 5.02 Å². The van der Waals surface area contributed by atoms with Gasteiger partial charge in [-0.15, -0.1) is 11.3 Å². The van der Waals surface area contributed by atoms with E-state index >= 15 is 4.39 Å². The first-order chi connectivity index (χ1) is 20.2. The van der Waals surface area contributed by atoms with E-state index in [0.29, 0.717) is 16.7 Å². The predicted octanol–water partition coefficient (Wildman–Crippen LogP) is 6.21. The minimum absolute atomic E-state index is 0.00541. The lowest BCUT2D eigenvalue weighted by atomic mass is 9.68. The number of benzene rings is 2. The number of thiophene rings is 1. The number of ether oxygens (including phenoxy) is 2. The normalized spacial score (nSPS) is 20.5. The molecule has 11 heteroatoms. The van der Waals surface area contributed by atoms with Crippen molar-refractivity contribution in [3.05, 3.63) is 110 Å². The fourth-order valence-electron chi connectivity index (χ4n) is 5.67. The Morgan fingerprint density at radius 1 is 1.07 bits per heavy atom. The molecule has 3 atom stereocenters. The number of esters is 2. The van der Waals surface area contributed by atoms with Gasteiger partial charge in [-0.05, 0) is 61.5 Å². The number of hydrogen-bond donors (Lipinski definition) is 1. The molecule has 3 aromatic rings. The molecule has 2 aliphatic rings. The molecule has 1 aliphatic carbocycles. The van der Waals surface area contributed by atoms with Crippen molar-refractivity contribution in [2.75, 3.05) is 18.1 Å². The number of rotatable bonds is 7. The van der Waals surface area contributed by atoms with Crippen molar-refractivity contribution in [3.63, 3.8) is 0 Å². The van der Waals surface area contributed by atoms with Crippen molar-refractivity contribution in [2.24, 2.45) is 11.7 Å². The number of nitrogens with zero attached hydrogens (tertiary/aromatic N) is 1. The van der Waals surface area contributed by atoms with Crippen LogP contribution in [0.1, 0.15) is 42.5 Å². The Morgan fingerprint density at radius 2 is 1.83 bits per heavy atom. The van der Waals surface area contributed by atoms with Crippen molar-refractivity contribution >= 4 is 46.3 Å². The maximum Gasteiger partial charge on any atom is 0.338 e. The molecule has 1 aromatic heterocycles. The molecule has 2 heterocycles. The van der Waals surface area contributed by atoms with Crippen molar-refractivity contribution in [2.45, 2.75) is 32.1 Å². The lowest BCUT2D eigenvalue weighted by Crippen LogP contribution is -2.46. The summed E-state index contributed by atoms with van der Waals surface area (Å²) in [5.41, 5.74) is 7.18. The van der Waals surface area contributed by atoms with E-state index < -0.39 is 47.1 Å². The maximum absolute atomic E-state index is 15.4. The van der Waals surface area contributed by atoms with Crippen LogP contribution in [-0.4, -0.2) is 30.9 Å². The minimum Gasteiger partial charge on any atom is -0.465 e. The topological polar surface area (TPSA) is 98.9 Å². The zero-order valence-electron chi connectivity index (χ0n) is 22.7. The fraction of sp³-hybridized carbons (Fsp3) is 0.258. The van der Waals surface area contributed by atoms with Crippen LogP contribution in [0.4, 0.5) is 14.5 Å². The molecule has 0 saturated carbocycles. The molecule has 0 fully saturated rings. The highest BCUT2D eigenvalue weighted by molar-refractivity contribution is 7.10. The zero-order valence-corrected chi connectivity index (χ0v) is 24.3. The summed E-state index contributed by atoms with van der Waals surface area (Å²) in [5, 5.41) is 2.16. The van der Waals surface area contributed by atoms with E-state index in [4.69, 9.17) is 26.8 Å².